The van der Waals surface area contributed by atoms with Crippen molar-refractivity contribution in [1.82, 2.24) is 15.8 Å². The first-order chi connectivity index (χ1) is 11.1. The number of carbonyl (C=O) groups excluding carboxylic acids is 2. The molecular weight excluding hydrogens is 298 g/mol. The predicted molar refractivity (Wildman–Crippen MR) is 83.3 cm³/mol. The zero-order valence-electron chi connectivity index (χ0n) is 12.8. The number of nitrogens with one attached hydrogen (secondary N) is 2. The van der Waals surface area contributed by atoms with Gasteiger partial charge in [-0.15, -0.1) is 0 Å². The van der Waals surface area contributed by atoms with Gasteiger partial charge in [0.2, 0.25) is 6.41 Å². The summed E-state index contributed by atoms with van der Waals surface area (Å²) in [7, 11) is 0. The molecule has 7 heteroatoms. The monoisotopic (exact) mass is 319 g/mol. The number of hydrogen-bond donors (Lipinski definition) is 3. The lowest BCUT2D eigenvalue weighted by Gasteiger charge is -2.36. The Morgan fingerprint density at radius 2 is 2.04 bits per heavy atom. The lowest BCUT2D eigenvalue weighted by atomic mass is 9.86. The van der Waals surface area contributed by atoms with Crippen LogP contribution < -0.4 is 10.9 Å². The summed E-state index contributed by atoms with van der Waals surface area (Å²) in [5.74, 6) is -0.221. The van der Waals surface area contributed by atoms with E-state index < -0.39 is 18.0 Å². The summed E-state index contributed by atoms with van der Waals surface area (Å²) < 4.78 is 0. The Balaban J connectivity index is 1.95. The van der Waals surface area contributed by atoms with Crippen molar-refractivity contribution in [1.29, 1.82) is 0 Å². The summed E-state index contributed by atoms with van der Waals surface area (Å²) in [6.07, 6.45) is 2.24. The number of nitrogens with zero attached hydrogens (tertiary/aromatic N) is 1. The highest BCUT2D eigenvalue weighted by Crippen LogP contribution is 2.27. The van der Waals surface area contributed by atoms with E-state index in [0.717, 1.165) is 24.2 Å². The summed E-state index contributed by atoms with van der Waals surface area (Å²) in [4.78, 5) is 34.8. The van der Waals surface area contributed by atoms with Crippen LogP contribution in [0.25, 0.3) is 0 Å². The molecule has 1 aromatic rings. The third-order valence-electron chi connectivity index (χ3n) is 4.20. The Kier molecular flexibility index (Phi) is 5.96. The molecule has 2 rings (SSSR count). The van der Waals surface area contributed by atoms with E-state index in [-0.39, 0.29) is 5.92 Å². The van der Waals surface area contributed by atoms with Gasteiger partial charge in [0.15, 0.2) is 0 Å². The molecule has 1 aromatic carbocycles. The van der Waals surface area contributed by atoms with Crippen molar-refractivity contribution in [3.63, 3.8) is 0 Å². The molecule has 0 bridgehead atoms. The number of amides is 3. The highest BCUT2D eigenvalue weighted by atomic mass is 16.4. The number of aryl methyl sites for hydroxylation is 1. The number of piperidine rings is 1. The summed E-state index contributed by atoms with van der Waals surface area (Å²) >= 11 is 0. The number of carbonyl (C=O) groups is 3. The smallest absolute Gasteiger partial charge is 0.407 e. The maximum atomic E-state index is 12.1. The van der Waals surface area contributed by atoms with Crippen LogP contribution in [0.1, 0.15) is 24.8 Å². The first-order valence-corrected chi connectivity index (χ1v) is 7.64. The Morgan fingerprint density at radius 1 is 1.30 bits per heavy atom. The molecule has 0 spiro atoms. The molecule has 23 heavy (non-hydrogen) atoms. The third-order valence-corrected chi connectivity index (χ3v) is 4.20. The summed E-state index contributed by atoms with van der Waals surface area (Å²) in [5, 5.41) is 9.23. The molecular formula is C16H21N3O4. The maximum Gasteiger partial charge on any atom is 0.407 e. The van der Waals surface area contributed by atoms with Crippen LogP contribution in [0, 0.1) is 5.92 Å². The van der Waals surface area contributed by atoms with Crippen LogP contribution in [0.4, 0.5) is 4.79 Å². The van der Waals surface area contributed by atoms with Crippen molar-refractivity contribution in [2.75, 3.05) is 6.54 Å². The van der Waals surface area contributed by atoms with Gasteiger partial charge < -0.3 is 5.11 Å². The average Bonchev–Trinajstić information content (AvgIpc) is 2.58. The molecule has 2 atom stereocenters. The summed E-state index contributed by atoms with van der Waals surface area (Å²) in [6.45, 7) is 0.327. The van der Waals surface area contributed by atoms with Crippen LogP contribution in [0.3, 0.4) is 0 Å². The van der Waals surface area contributed by atoms with E-state index >= 15 is 0 Å². The molecule has 0 aliphatic carbocycles. The van der Waals surface area contributed by atoms with E-state index in [9.17, 15) is 19.5 Å². The van der Waals surface area contributed by atoms with E-state index in [1.54, 1.807) is 0 Å². The number of rotatable bonds is 6. The first-order valence-electron chi connectivity index (χ1n) is 7.64. The van der Waals surface area contributed by atoms with Crippen molar-refractivity contribution >= 4 is 18.4 Å². The molecule has 1 fully saturated rings. The molecule has 3 amide bonds. The number of benzene rings is 1. The fourth-order valence-electron chi connectivity index (χ4n) is 2.98. The van der Waals surface area contributed by atoms with Crippen molar-refractivity contribution in [2.24, 2.45) is 5.92 Å². The maximum absolute atomic E-state index is 12.1. The fraction of sp³-hybridized carbons (Fsp3) is 0.438. The fourth-order valence-corrected chi connectivity index (χ4v) is 2.98. The molecule has 1 saturated heterocycles. The topological polar surface area (TPSA) is 98.7 Å². The SMILES string of the molecule is O=CNNC(=O)C1CC(CCc2ccccc2)CCN1C(=O)O. The highest BCUT2D eigenvalue weighted by Gasteiger charge is 2.36. The van der Waals surface area contributed by atoms with Crippen LogP contribution in [0.5, 0.6) is 0 Å². The third kappa shape index (κ3) is 4.70. The van der Waals surface area contributed by atoms with Crippen molar-refractivity contribution in [3.05, 3.63) is 35.9 Å². The molecule has 1 aliphatic heterocycles. The molecule has 1 aliphatic rings. The van der Waals surface area contributed by atoms with Crippen LogP contribution in [-0.2, 0) is 16.0 Å². The minimum Gasteiger partial charge on any atom is -0.465 e. The Hall–Kier alpha value is -2.57. The zero-order valence-corrected chi connectivity index (χ0v) is 12.8. The number of likely N-dealkylation sites (tertiary alicyclic amines) is 1. The summed E-state index contributed by atoms with van der Waals surface area (Å²) in [6, 6.07) is 9.30. The van der Waals surface area contributed by atoms with E-state index in [0.29, 0.717) is 19.4 Å². The Bertz CT molecular complexity index is 550. The normalized spacial score (nSPS) is 20.6. The van der Waals surface area contributed by atoms with Gasteiger partial charge in [0.05, 0.1) is 0 Å². The lowest BCUT2D eigenvalue weighted by Crippen LogP contribution is -2.55. The van der Waals surface area contributed by atoms with Gasteiger partial charge in [-0.2, -0.15) is 0 Å². The minimum absolute atomic E-state index is 0.276. The van der Waals surface area contributed by atoms with Gasteiger partial charge >= 0.3 is 6.09 Å². The van der Waals surface area contributed by atoms with Crippen molar-refractivity contribution in [2.45, 2.75) is 31.7 Å². The number of hydrogen-bond acceptors (Lipinski definition) is 3. The van der Waals surface area contributed by atoms with Crippen molar-refractivity contribution in [3.8, 4) is 0 Å². The number of hydrazine groups is 1. The Morgan fingerprint density at radius 3 is 2.70 bits per heavy atom. The average molecular weight is 319 g/mol. The molecule has 1 heterocycles. The van der Waals surface area contributed by atoms with Crippen LogP contribution in [0.2, 0.25) is 0 Å². The molecule has 7 nitrogen and oxygen atoms in total. The molecule has 0 saturated carbocycles. The second-order valence-corrected chi connectivity index (χ2v) is 5.66. The van der Waals surface area contributed by atoms with Gasteiger partial charge in [0, 0.05) is 6.54 Å². The van der Waals surface area contributed by atoms with Crippen LogP contribution >= 0.6 is 0 Å². The van der Waals surface area contributed by atoms with Gasteiger partial charge in [0.25, 0.3) is 5.91 Å². The Labute approximate surface area is 134 Å². The van der Waals surface area contributed by atoms with Gasteiger partial charge in [0.1, 0.15) is 6.04 Å². The second-order valence-electron chi connectivity index (χ2n) is 5.66. The zero-order chi connectivity index (χ0) is 16.7. The molecule has 2 unspecified atom stereocenters. The van der Waals surface area contributed by atoms with Crippen molar-refractivity contribution < 1.29 is 19.5 Å². The largest absolute Gasteiger partial charge is 0.465 e. The van der Waals surface area contributed by atoms with E-state index in [1.165, 1.54) is 5.56 Å². The lowest BCUT2D eigenvalue weighted by molar-refractivity contribution is -0.130. The van der Waals surface area contributed by atoms with E-state index in [1.807, 2.05) is 18.2 Å². The van der Waals surface area contributed by atoms with E-state index in [4.69, 9.17) is 0 Å². The quantitative estimate of drug-likeness (QED) is 0.541. The van der Waals surface area contributed by atoms with Gasteiger partial charge in [-0.25, -0.2) is 4.79 Å². The van der Waals surface area contributed by atoms with Gasteiger partial charge in [-0.05, 0) is 37.2 Å². The molecule has 0 radical (unpaired) electrons. The number of carboxylic acid groups (broad SMARTS) is 1. The minimum atomic E-state index is -1.11. The van der Waals surface area contributed by atoms with Crippen LogP contribution in [-0.4, -0.2) is 41.0 Å². The predicted octanol–water partition coefficient (Wildman–Crippen LogP) is 1.15. The first kappa shape index (κ1) is 16.8. The van der Waals surface area contributed by atoms with E-state index in [2.05, 4.69) is 23.0 Å². The highest BCUT2D eigenvalue weighted by molar-refractivity contribution is 5.85. The summed E-state index contributed by atoms with van der Waals surface area (Å²) in [5.41, 5.74) is 5.53. The molecule has 124 valence electrons. The second kappa shape index (κ2) is 8.17. The molecule has 0 aromatic heterocycles. The van der Waals surface area contributed by atoms with Gasteiger partial charge in [-0.1, -0.05) is 30.3 Å². The standard InChI is InChI=1S/C16H21N3O4/c20-11-17-18-15(21)14-10-13(8-9-19(14)16(22)23)7-6-12-4-2-1-3-5-12/h1-5,11,13-14H,6-10H2,(H,17,20)(H,18,21)(H,22,23). The molecule has 3 N–H and O–H groups in total. The van der Waals surface area contributed by atoms with Crippen LogP contribution in [0.15, 0.2) is 30.3 Å². The van der Waals surface area contributed by atoms with Gasteiger partial charge in [-0.3, -0.25) is 25.3 Å².